The quantitative estimate of drug-likeness (QED) is 0.867. The minimum Gasteiger partial charge on any atom is -0.480 e. The van der Waals surface area contributed by atoms with Crippen molar-refractivity contribution < 1.29 is 9.90 Å². The van der Waals surface area contributed by atoms with Gasteiger partial charge in [-0.1, -0.05) is 32.9 Å². The van der Waals surface area contributed by atoms with Gasteiger partial charge in [-0.25, -0.2) is 9.78 Å². The molecule has 4 heteroatoms. The van der Waals surface area contributed by atoms with Crippen LogP contribution in [0.2, 0.25) is 0 Å². The van der Waals surface area contributed by atoms with Crippen LogP contribution in [0.1, 0.15) is 57.8 Å². The van der Waals surface area contributed by atoms with Crippen molar-refractivity contribution in [3.8, 4) is 0 Å². The fourth-order valence-corrected chi connectivity index (χ4v) is 2.80. The number of carbonyl (C=O) groups is 1. The molecular formula is C16H22N2O2. The Bertz CT molecular complexity index is 600. The first-order valence-electron chi connectivity index (χ1n) is 7.33. The summed E-state index contributed by atoms with van der Waals surface area (Å²) in [7, 11) is 0. The summed E-state index contributed by atoms with van der Waals surface area (Å²) in [5, 5.41) is 9.51. The molecule has 1 heterocycles. The van der Waals surface area contributed by atoms with Gasteiger partial charge in [0.25, 0.3) is 0 Å². The second-order valence-electron chi connectivity index (χ2n) is 5.10. The second-order valence-corrected chi connectivity index (χ2v) is 5.10. The number of hydrogen-bond donors (Lipinski definition) is 1. The maximum absolute atomic E-state index is 11.6. The zero-order valence-electron chi connectivity index (χ0n) is 12.3. The number of aromatic nitrogens is 2. The Morgan fingerprint density at radius 2 is 1.85 bits per heavy atom. The summed E-state index contributed by atoms with van der Waals surface area (Å²) in [5.74, 6) is 0.420. The molecular weight excluding hydrogens is 252 g/mol. The number of imidazole rings is 1. The van der Waals surface area contributed by atoms with Crippen LogP contribution in [0.15, 0.2) is 24.3 Å². The van der Waals surface area contributed by atoms with Gasteiger partial charge >= 0.3 is 5.97 Å². The van der Waals surface area contributed by atoms with Gasteiger partial charge in [-0.05, 0) is 31.4 Å². The Balaban J connectivity index is 2.69. The Morgan fingerprint density at radius 3 is 2.40 bits per heavy atom. The number of carboxylic acid groups (broad SMARTS) is 1. The largest absolute Gasteiger partial charge is 0.480 e. The first kappa shape index (κ1) is 14.6. The third kappa shape index (κ3) is 2.42. The molecule has 0 radical (unpaired) electrons. The number of hydrogen-bond acceptors (Lipinski definition) is 2. The summed E-state index contributed by atoms with van der Waals surface area (Å²) in [5.41, 5.74) is 1.80. The standard InChI is InChI=1S/C16H22N2O2/c1-4-11(5-2)15-17-12-9-7-8-10-14(12)18(15)13(6-3)16(19)20/h7-11,13H,4-6H2,1-3H3,(H,19,20). The van der Waals surface area contributed by atoms with Crippen molar-refractivity contribution in [3.05, 3.63) is 30.1 Å². The van der Waals surface area contributed by atoms with E-state index in [0.717, 1.165) is 29.7 Å². The van der Waals surface area contributed by atoms with Crippen LogP contribution in [-0.4, -0.2) is 20.6 Å². The summed E-state index contributed by atoms with van der Waals surface area (Å²) in [6.45, 7) is 6.16. The molecule has 20 heavy (non-hydrogen) atoms. The Hall–Kier alpha value is -1.84. The molecule has 1 unspecified atom stereocenters. The van der Waals surface area contributed by atoms with Crippen molar-refractivity contribution in [3.63, 3.8) is 0 Å². The van der Waals surface area contributed by atoms with Crippen molar-refractivity contribution in [2.45, 2.75) is 52.0 Å². The third-order valence-electron chi connectivity index (χ3n) is 3.96. The highest BCUT2D eigenvalue weighted by molar-refractivity contribution is 5.80. The lowest BCUT2D eigenvalue weighted by atomic mass is 10.0. The van der Waals surface area contributed by atoms with Gasteiger partial charge in [0.1, 0.15) is 11.9 Å². The Morgan fingerprint density at radius 1 is 1.20 bits per heavy atom. The smallest absolute Gasteiger partial charge is 0.326 e. The van der Waals surface area contributed by atoms with Gasteiger partial charge in [0.2, 0.25) is 0 Å². The van der Waals surface area contributed by atoms with E-state index in [-0.39, 0.29) is 0 Å². The van der Waals surface area contributed by atoms with E-state index in [1.165, 1.54) is 0 Å². The van der Waals surface area contributed by atoms with Crippen molar-refractivity contribution in [2.24, 2.45) is 0 Å². The molecule has 1 aromatic heterocycles. The first-order chi connectivity index (χ1) is 9.63. The topological polar surface area (TPSA) is 55.1 Å². The first-order valence-corrected chi connectivity index (χ1v) is 7.33. The lowest BCUT2D eigenvalue weighted by Gasteiger charge is -2.20. The molecule has 4 nitrogen and oxygen atoms in total. The van der Waals surface area contributed by atoms with Crippen LogP contribution in [0, 0.1) is 0 Å². The maximum Gasteiger partial charge on any atom is 0.326 e. The molecule has 2 aromatic rings. The average molecular weight is 274 g/mol. The molecule has 0 spiro atoms. The van der Waals surface area contributed by atoms with Crippen LogP contribution >= 0.6 is 0 Å². The number of aliphatic carboxylic acids is 1. The normalized spacial score (nSPS) is 13.0. The van der Waals surface area contributed by atoms with Gasteiger partial charge < -0.3 is 9.67 Å². The SMILES string of the molecule is CCC(CC)c1nc2ccccc2n1C(CC)C(=O)O. The molecule has 2 rings (SSSR count). The molecule has 1 N–H and O–H groups in total. The highest BCUT2D eigenvalue weighted by Gasteiger charge is 2.26. The van der Waals surface area contributed by atoms with Crippen molar-refractivity contribution in [1.82, 2.24) is 9.55 Å². The average Bonchev–Trinajstić information content (AvgIpc) is 2.80. The second kappa shape index (κ2) is 6.07. The maximum atomic E-state index is 11.6. The van der Waals surface area contributed by atoms with Crippen LogP contribution in [0.4, 0.5) is 0 Å². The molecule has 0 aliphatic carbocycles. The molecule has 0 aliphatic rings. The van der Waals surface area contributed by atoms with Crippen LogP contribution in [0.5, 0.6) is 0 Å². The van der Waals surface area contributed by atoms with E-state index in [9.17, 15) is 9.90 Å². The Labute approximate surface area is 119 Å². The lowest BCUT2D eigenvalue weighted by Crippen LogP contribution is -2.21. The summed E-state index contributed by atoms with van der Waals surface area (Å²) in [4.78, 5) is 16.3. The van der Waals surface area contributed by atoms with Gasteiger partial charge in [0, 0.05) is 5.92 Å². The van der Waals surface area contributed by atoms with Crippen LogP contribution in [0.3, 0.4) is 0 Å². The fraction of sp³-hybridized carbons (Fsp3) is 0.500. The zero-order valence-corrected chi connectivity index (χ0v) is 12.3. The van der Waals surface area contributed by atoms with Gasteiger partial charge in [0.05, 0.1) is 11.0 Å². The number of rotatable bonds is 6. The highest BCUT2D eigenvalue weighted by atomic mass is 16.4. The summed E-state index contributed by atoms with van der Waals surface area (Å²) in [6.07, 6.45) is 2.49. The van der Waals surface area contributed by atoms with E-state index in [0.29, 0.717) is 12.3 Å². The summed E-state index contributed by atoms with van der Waals surface area (Å²) in [6, 6.07) is 7.24. The highest BCUT2D eigenvalue weighted by Crippen LogP contribution is 2.30. The van der Waals surface area contributed by atoms with Crippen LogP contribution < -0.4 is 0 Å². The van der Waals surface area contributed by atoms with E-state index in [2.05, 4.69) is 13.8 Å². The molecule has 1 aromatic carbocycles. The van der Waals surface area contributed by atoms with Gasteiger partial charge in [0.15, 0.2) is 0 Å². The summed E-state index contributed by atoms with van der Waals surface area (Å²) < 4.78 is 1.93. The molecule has 0 amide bonds. The molecule has 0 saturated heterocycles. The van der Waals surface area contributed by atoms with E-state index in [4.69, 9.17) is 4.98 Å². The lowest BCUT2D eigenvalue weighted by molar-refractivity contribution is -0.141. The fourth-order valence-electron chi connectivity index (χ4n) is 2.80. The Kier molecular flexibility index (Phi) is 4.42. The van der Waals surface area contributed by atoms with Crippen molar-refractivity contribution in [2.75, 3.05) is 0 Å². The predicted molar refractivity (Wildman–Crippen MR) is 80.0 cm³/mol. The molecule has 0 saturated carbocycles. The number of benzene rings is 1. The number of carboxylic acids is 1. The number of nitrogens with zero attached hydrogens (tertiary/aromatic N) is 2. The van der Waals surface area contributed by atoms with Gasteiger partial charge in [-0.2, -0.15) is 0 Å². The molecule has 0 aliphatic heterocycles. The van der Waals surface area contributed by atoms with E-state index < -0.39 is 12.0 Å². The van der Waals surface area contributed by atoms with Gasteiger partial charge in [-0.3, -0.25) is 0 Å². The minimum absolute atomic E-state index is 0.302. The molecule has 0 fully saturated rings. The summed E-state index contributed by atoms with van der Waals surface area (Å²) >= 11 is 0. The molecule has 108 valence electrons. The minimum atomic E-state index is -0.789. The van der Waals surface area contributed by atoms with Crippen molar-refractivity contribution >= 4 is 17.0 Å². The number of fused-ring (bicyclic) bond motifs is 1. The van der Waals surface area contributed by atoms with Crippen LogP contribution in [-0.2, 0) is 4.79 Å². The number of para-hydroxylation sites is 2. The zero-order chi connectivity index (χ0) is 14.7. The monoisotopic (exact) mass is 274 g/mol. The van der Waals surface area contributed by atoms with E-state index in [1.807, 2.05) is 35.8 Å². The van der Waals surface area contributed by atoms with E-state index >= 15 is 0 Å². The van der Waals surface area contributed by atoms with Gasteiger partial charge in [-0.15, -0.1) is 0 Å². The van der Waals surface area contributed by atoms with Crippen molar-refractivity contribution in [1.29, 1.82) is 0 Å². The third-order valence-corrected chi connectivity index (χ3v) is 3.96. The predicted octanol–water partition coefficient (Wildman–Crippen LogP) is 3.98. The van der Waals surface area contributed by atoms with E-state index in [1.54, 1.807) is 0 Å². The molecule has 1 atom stereocenters. The molecule has 0 bridgehead atoms. The van der Waals surface area contributed by atoms with Crippen LogP contribution in [0.25, 0.3) is 11.0 Å².